The zero-order valence-corrected chi connectivity index (χ0v) is 22.0. The average molecular weight is 511 g/mol. The minimum Gasteiger partial charge on any atom is -0.494 e. The maximum Gasteiger partial charge on any atom is 0.317 e. The highest BCUT2D eigenvalue weighted by Gasteiger charge is 2.24. The standard InChI is InChI=1S/C27H34N4O2S2/c1-20-5-2-14-30(20)15-4-17-33-22-9-7-21(8-10-22)26-29-24-12-16-31(19-25(24)35-26)27(32)28-13-11-23-6-3-18-34-23/h3,6-10,18,20H,2,4-5,11-17,19H2,1H3,(H,28,32). The van der Waals surface area contributed by atoms with Crippen LogP contribution in [0.15, 0.2) is 41.8 Å². The summed E-state index contributed by atoms with van der Waals surface area (Å²) in [5, 5.41) is 6.16. The lowest BCUT2D eigenvalue weighted by atomic mass is 10.2. The van der Waals surface area contributed by atoms with Gasteiger partial charge in [-0.2, -0.15) is 0 Å². The van der Waals surface area contributed by atoms with Crippen LogP contribution in [0.1, 0.15) is 41.6 Å². The summed E-state index contributed by atoms with van der Waals surface area (Å²) in [5.41, 5.74) is 2.23. The van der Waals surface area contributed by atoms with Crippen LogP contribution in [0.4, 0.5) is 4.79 Å². The van der Waals surface area contributed by atoms with Crippen molar-refractivity contribution in [3.8, 4) is 16.3 Å². The fourth-order valence-electron chi connectivity index (χ4n) is 4.83. The van der Waals surface area contributed by atoms with Gasteiger partial charge in [-0.1, -0.05) is 6.07 Å². The van der Waals surface area contributed by atoms with Crippen molar-refractivity contribution in [2.24, 2.45) is 0 Å². The number of fused-ring (bicyclic) bond motifs is 1. The Morgan fingerprint density at radius 1 is 1.23 bits per heavy atom. The lowest BCUT2D eigenvalue weighted by Gasteiger charge is -2.26. The molecule has 1 N–H and O–H groups in total. The number of amides is 2. The van der Waals surface area contributed by atoms with Crippen LogP contribution in [-0.4, -0.2) is 59.6 Å². The summed E-state index contributed by atoms with van der Waals surface area (Å²) in [6, 6.07) is 13.2. The number of aromatic nitrogens is 1. The normalized spacial score (nSPS) is 18.0. The number of thiazole rings is 1. The molecule has 0 bridgehead atoms. The molecule has 6 nitrogen and oxygen atoms in total. The van der Waals surface area contributed by atoms with Crippen molar-refractivity contribution in [2.45, 2.75) is 51.6 Å². The Labute approximate surface area is 215 Å². The van der Waals surface area contributed by atoms with Crippen LogP contribution in [0, 0.1) is 0 Å². The van der Waals surface area contributed by atoms with Gasteiger partial charge in [0.15, 0.2) is 0 Å². The van der Waals surface area contributed by atoms with Gasteiger partial charge in [-0.15, -0.1) is 22.7 Å². The van der Waals surface area contributed by atoms with Gasteiger partial charge in [0.1, 0.15) is 10.8 Å². The first kappa shape index (κ1) is 24.3. The van der Waals surface area contributed by atoms with E-state index in [-0.39, 0.29) is 6.03 Å². The van der Waals surface area contributed by atoms with E-state index in [1.807, 2.05) is 23.1 Å². The van der Waals surface area contributed by atoms with E-state index in [2.05, 4.69) is 40.7 Å². The molecule has 0 radical (unpaired) electrons. The van der Waals surface area contributed by atoms with Crippen LogP contribution in [0.5, 0.6) is 5.75 Å². The third kappa shape index (κ3) is 6.23. The molecule has 1 saturated heterocycles. The summed E-state index contributed by atoms with van der Waals surface area (Å²) in [6.45, 7) is 7.43. The molecule has 2 aromatic heterocycles. The van der Waals surface area contributed by atoms with E-state index < -0.39 is 0 Å². The summed E-state index contributed by atoms with van der Waals surface area (Å²) < 4.78 is 5.98. The van der Waals surface area contributed by atoms with E-state index >= 15 is 0 Å². The predicted molar refractivity (Wildman–Crippen MR) is 143 cm³/mol. The van der Waals surface area contributed by atoms with Gasteiger partial charge in [0.05, 0.1) is 18.8 Å². The first-order valence-corrected chi connectivity index (χ1v) is 14.4. The van der Waals surface area contributed by atoms with Crippen molar-refractivity contribution >= 4 is 28.7 Å². The zero-order valence-electron chi connectivity index (χ0n) is 20.4. The fourth-order valence-corrected chi connectivity index (χ4v) is 6.67. The van der Waals surface area contributed by atoms with Crippen molar-refractivity contribution in [1.29, 1.82) is 0 Å². The molecule has 0 aliphatic carbocycles. The minimum atomic E-state index is 0.0165. The van der Waals surface area contributed by atoms with Gasteiger partial charge in [0.2, 0.25) is 0 Å². The van der Waals surface area contributed by atoms with Crippen LogP contribution in [0.2, 0.25) is 0 Å². The van der Waals surface area contributed by atoms with Crippen LogP contribution < -0.4 is 10.1 Å². The molecule has 186 valence electrons. The Morgan fingerprint density at radius 3 is 2.89 bits per heavy atom. The molecule has 1 aromatic carbocycles. The van der Waals surface area contributed by atoms with Gasteiger partial charge in [-0.05, 0) is 74.9 Å². The second-order valence-corrected chi connectivity index (χ2v) is 11.5. The summed E-state index contributed by atoms with van der Waals surface area (Å²) in [5.74, 6) is 0.912. The number of nitrogens with zero attached hydrogens (tertiary/aromatic N) is 3. The summed E-state index contributed by atoms with van der Waals surface area (Å²) in [7, 11) is 0. The topological polar surface area (TPSA) is 57.7 Å². The maximum absolute atomic E-state index is 12.6. The molecule has 1 atom stereocenters. The number of hydrogen-bond donors (Lipinski definition) is 1. The summed E-state index contributed by atoms with van der Waals surface area (Å²) in [6.07, 6.45) is 5.39. The SMILES string of the molecule is CC1CCCN1CCCOc1ccc(-c2nc3c(s2)CN(C(=O)NCCc2cccs2)CC3)cc1. The molecule has 5 rings (SSSR count). The second kappa shape index (κ2) is 11.5. The van der Waals surface area contributed by atoms with Crippen molar-refractivity contribution in [1.82, 2.24) is 20.1 Å². The van der Waals surface area contributed by atoms with Crippen LogP contribution >= 0.6 is 22.7 Å². The number of nitrogens with one attached hydrogen (secondary N) is 1. The molecule has 35 heavy (non-hydrogen) atoms. The van der Waals surface area contributed by atoms with Gasteiger partial charge in [0.25, 0.3) is 0 Å². The number of hydrogen-bond acceptors (Lipinski definition) is 6. The molecular formula is C27H34N4O2S2. The quantitative estimate of drug-likeness (QED) is 0.390. The van der Waals surface area contributed by atoms with Gasteiger partial charge in [-0.3, -0.25) is 0 Å². The smallest absolute Gasteiger partial charge is 0.317 e. The average Bonchev–Trinajstić information content (AvgIpc) is 3.63. The Morgan fingerprint density at radius 2 is 2.11 bits per heavy atom. The number of carbonyl (C=O) groups is 1. The summed E-state index contributed by atoms with van der Waals surface area (Å²) >= 11 is 3.43. The minimum absolute atomic E-state index is 0.0165. The van der Waals surface area contributed by atoms with E-state index in [1.54, 1.807) is 22.7 Å². The Kier molecular flexibility index (Phi) is 8.01. The lowest BCUT2D eigenvalue weighted by molar-refractivity contribution is 0.193. The van der Waals surface area contributed by atoms with Gasteiger partial charge in [-0.25, -0.2) is 9.78 Å². The maximum atomic E-state index is 12.6. The Balaban J connectivity index is 1.09. The van der Waals surface area contributed by atoms with Crippen LogP contribution in [-0.2, 0) is 19.4 Å². The highest BCUT2D eigenvalue weighted by Crippen LogP contribution is 2.32. The van der Waals surface area contributed by atoms with E-state index in [0.717, 1.165) is 60.5 Å². The first-order chi connectivity index (χ1) is 17.2. The number of thiophene rings is 1. The fraction of sp³-hybridized carbons (Fsp3) is 0.481. The second-order valence-electron chi connectivity index (χ2n) is 9.38. The highest BCUT2D eigenvalue weighted by molar-refractivity contribution is 7.15. The van der Waals surface area contributed by atoms with Gasteiger partial charge < -0.3 is 19.9 Å². The molecular weight excluding hydrogens is 476 g/mol. The number of rotatable bonds is 9. The van der Waals surface area contributed by atoms with Crippen molar-refractivity contribution in [2.75, 3.05) is 32.8 Å². The molecule has 3 aromatic rings. The molecule has 8 heteroatoms. The van der Waals surface area contributed by atoms with E-state index in [0.29, 0.717) is 19.6 Å². The molecule has 0 saturated carbocycles. The Bertz CT molecular complexity index is 1100. The van der Waals surface area contributed by atoms with E-state index in [1.165, 1.54) is 29.1 Å². The molecule has 2 aliphatic heterocycles. The molecule has 1 fully saturated rings. The monoisotopic (exact) mass is 510 g/mol. The molecule has 0 spiro atoms. The van der Waals surface area contributed by atoms with E-state index in [4.69, 9.17) is 9.72 Å². The lowest BCUT2D eigenvalue weighted by Crippen LogP contribution is -2.43. The van der Waals surface area contributed by atoms with Gasteiger partial charge in [0, 0.05) is 47.4 Å². The molecule has 2 aliphatic rings. The van der Waals surface area contributed by atoms with Gasteiger partial charge >= 0.3 is 6.03 Å². The molecule has 1 unspecified atom stereocenters. The first-order valence-electron chi connectivity index (χ1n) is 12.7. The molecule has 2 amide bonds. The predicted octanol–water partition coefficient (Wildman–Crippen LogP) is 5.44. The number of benzene rings is 1. The van der Waals surface area contributed by atoms with Crippen molar-refractivity contribution in [3.05, 3.63) is 57.2 Å². The number of urea groups is 1. The third-order valence-corrected chi connectivity index (χ3v) is 8.96. The highest BCUT2D eigenvalue weighted by atomic mass is 32.1. The number of ether oxygens (including phenoxy) is 1. The third-order valence-electron chi connectivity index (χ3n) is 6.90. The number of likely N-dealkylation sites (tertiary alicyclic amines) is 1. The van der Waals surface area contributed by atoms with Crippen molar-refractivity contribution in [3.63, 3.8) is 0 Å². The van der Waals surface area contributed by atoms with Crippen LogP contribution in [0.25, 0.3) is 10.6 Å². The number of carbonyl (C=O) groups excluding carboxylic acids is 1. The Hall–Kier alpha value is -2.42. The largest absolute Gasteiger partial charge is 0.494 e. The van der Waals surface area contributed by atoms with Crippen LogP contribution in [0.3, 0.4) is 0 Å². The summed E-state index contributed by atoms with van der Waals surface area (Å²) in [4.78, 5) is 24.5. The van der Waals surface area contributed by atoms with Crippen molar-refractivity contribution < 1.29 is 9.53 Å². The zero-order chi connectivity index (χ0) is 24.0. The van der Waals surface area contributed by atoms with E-state index in [9.17, 15) is 4.79 Å². The molecule has 4 heterocycles.